The van der Waals surface area contributed by atoms with Crippen molar-refractivity contribution in [3.8, 4) is 0 Å². The standard InChI is InChI=1S/C17H20N6O4.C2HF3O2/c1-17(2)13(24)23(16(25)22(17)11-12-3-5-18-6-4-12)15-20-19-14(27-15)21-7-9-26-10-8-21;3-2(4,5)1(6)7/h3-6H,7-11H2,1-2H3;(H,6,7). The molecule has 0 saturated carbocycles. The predicted octanol–water partition coefficient (Wildman–Crippen LogP) is 1.68. The van der Waals surface area contributed by atoms with Gasteiger partial charge in [-0.25, -0.2) is 9.59 Å². The lowest BCUT2D eigenvalue weighted by Gasteiger charge is -2.27. The van der Waals surface area contributed by atoms with Crippen LogP contribution in [0.15, 0.2) is 28.9 Å². The second-order valence-electron chi connectivity index (χ2n) is 7.69. The molecular weight excluding hydrogens is 465 g/mol. The van der Waals surface area contributed by atoms with Crippen molar-refractivity contribution < 1.29 is 41.8 Å². The van der Waals surface area contributed by atoms with Gasteiger partial charge < -0.3 is 24.1 Å². The van der Waals surface area contributed by atoms with Crippen LogP contribution >= 0.6 is 0 Å². The van der Waals surface area contributed by atoms with Crippen molar-refractivity contribution in [3.05, 3.63) is 30.1 Å². The van der Waals surface area contributed by atoms with E-state index in [1.807, 2.05) is 4.90 Å². The first-order valence-electron chi connectivity index (χ1n) is 9.94. The lowest BCUT2D eigenvalue weighted by molar-refractivity contribution is -0.192. The maximum absolute atomic E-state index is 13.0. The molecule has 3 amide bonds. The van der Waals surface area contributed by atoms with Crippen LogP contribution in [0.3, 0.4) is 0 Å². The Hall–Kier alpha value is -3.75. The minimum atomic E-state index is -5.08. The number of urea groups is 1. The second-order valence-corrected chi connectivity index (χ2v) is 7.69. The van der Waals surface area contributed by atoms with Crippen molar-refractivity contribution in [2.24, 2.45) is 0 Å². The van der Waals surface area contributed by atoms with Crippen LogP contribution in [0.2, 0.25) is 0 Å². The minimum absolute atomic E-state index is 0.114. The topological polar surface area (TPSA) is 142 Å². The van der Waals surface area contributed by atoms with Crippen molar-refractivity contribution in [1.82, 2.24) is 20.1 Å². The first-order chi connectivity index (χ1) is 15.9. The minimum Gasteiger partial charge on any atom is -0.475 e. The number of anilines is 2. The summed E-state index contributed by atoms with van der Waals surface area (Å²) in [5, 5.41) is 15.0. The molecule has 0 bridgehead atoms. The molecule has 34 heavy (non-hydrogen) atoms. The first-order valence-corrected chi connectivity index (χ1v) is 9.94. The number of carbonyl (C=O) groups is 3. The van der Waals surface area contributed by atoms with E-state index in [-0.39, 0.29) is 18.6 Å². The van der Waals surface area contributed by atoms with E-state index in [4.69, 9.17) is 19.1 Å². The van der Waals surface area contributed by atoms with Gasteiger partial charge in [-0.2, -0.15) is 18.1 Å². The zero-order valence-corrected chi connectivity index (χ0v) is 18.2. The van der Waals surface area contributed by atoms with E-state index in [2.05, 4.69) is 15.2 Å². The number of amides is 3. The summed E-state index contributed by atoms with van der Waals surface area (Å²) in [5.74, 6) is -3.16. The Bertz CT molecular complexity index is 1040. The molecule has 0 atom stereocenters. The van der Waals surface area contributed by atoms with Gasteiger partial charge in [-0.15, -0.1) is 0 Å². The van der Waals surface area contributed by atoms with Gasteiger partial charge in [0.05, 0.1) is 13.2 Å². The highest BCUT2D eigenvalue weighted by molar-refractivity contribution is 6.21. The maximum Gasteiger partial charge on any atom is 0.490 e. The van der Waals surface area contributed by atoms with Gasteiger partial charge in [0, 0.05) is 32.0 Å². The number of ether oxygens (including phenoxy) is 1. The molecule has 15 heteroatoms. The maximum atomic E-state index is 13.0. The molecule has 0 spiro atoms. The summed E-state index contributed by atoms with van der Waals surface area (Å²) in [6.45, 7) is 6.03. The third-order valence-electron chi connectivity index (χ3n) is 5.03. The zero-order valence-electron chi connectivity index (χ0n) is 18.2. The van der Waals surface area contributed by atoms with Gasteiger partial charge in [0.2, 0.25) is 0 Å². The van der Waals surface area contributed by atoms with Gasteiger partial charge in [0.1, 0.15) is 5.54 Å². The van der Waals surface area contributed by atoms with E-state index >= 15 is 0 Å². The Morgan fingerprint density at radius 3 is 2.24 bits per heavy atom. The van der Waals surface area contributed by atoms with Crippen LogP contribution in [-0.4, -0.2) is 81.1 Å². The number of morpholine rings is 1. The van der Waals surface area contributed by atoms with E-state index in [9.17, 15) is 22.8 Å². The fraction of sp³-hybridized carbons (Fsp3) is 0.474. The van der Waals surface area contributed by atoms with Crippen LogP contribution in [0.4, 0.5) is 30.0 Å². The Balaban J connectivity index is 0.000000406. The summed E-state index contributed by atoms with van der Waals surface area (Å²) in [6, 6.07) is 3.29. The molecule has 2 aliphatic heterocycles. The third kappa shape index (κ3) is 5.24. The van der Waals surface area contributed by atoms with Crippen LogP contribution in [0.25, 0.3) is 0 Å². The normalized spacial score (nSPS) is 18.1. The van der Waals surface area contributed by atoms with E-state index in [0.717, 1.165) is 10.5 Å². The van der Waals surface area contributed by atoms with Crippen molar-refractivity contribution in [1.29, 1.82) is 0 Å². The molecule has 2 aliphatic rings. The molecule has 4 rings (SSSR count). The lowest BCUT2D eigenvalue weighted by atomic mass is 10.0. The van der Waals surface area contributed by atoms with Gasteiger partial charge in [0.15, 0.2) is 0 Å². The molecule has 2 fully saturated rings. The molecule has 0 aromatic carbocycles. The SMILES string of the molecule is CC1(C)C(=O)N(c2nnc(N3CCOCC3)o2)C(=O)N1Cc1ccncc1.O=C(O)C(F)(F)F. The van der Waals surface area contributed by atoms with Crippen LogP contribution in [0, 0.1) is 0 Å². The van der Waals surface area contributed by atoms with Gasteiger partial charge in [-0.1, -0.05) is 10.2 Å². The quantitative estimate of drug-likeness (QED) is 0.634. The van der Waals surface area contributed by atoms with Gasteiger partial charge in [0.25, 0.3) is 5.91 Å². The number of halogens is 3. The van der Waals surface area contributed by atoms with Gasteiger partial charge >= 0.3 is 30.2 Å². The third-order valence-corrected chi connectivity index (χ3v) is 5.03. The highest BCUT2D eigenvalue weighted by Crippen LogP contribution is 2.33. The fourth-order valence-corrected chi connectivity index (χ4v) is 3.12. The van der Waals surface area contributed by atoms with Crippen molar-refractivity contribution in [3.63, 3.8) is 0 Å². The highest BCUT2D eigenvalue weighted by atomic mass is 19.4. The number of rotatable bonds is 4. The molecule has 184 valence electrons. The van der Waals surface area contributed by atoms with E-state index < -0.39 is 29.6 Å². The molecule has 2 aromatic rings. The summed E-state index contributed by atoms with van der Waals surface area (Å²) in [4.78, 5) is 43.1. The van der Waals surface area contributed by atoms with Crippen LogP contribution < -0.4 is 9.80 Å². The predicted molar refractivity (Wildman–Crippen MR) is 108 cm³/mol. The number of carbonyl (C=O) groups excluding carboxylic acids is 2. The van der Waals surface area contributed by atoms with Crippen LogP contribution in [-0.2, 0) is 20.9 Å². The molecule has 12 nitrogen and oxygen atoms in total. The van der Waals surface area contributed by atoms with Crippen molar-refractivity contribution in [2.75, 3.05) is 36.1 Å². The largest absolute Gasteiger partial charge is 0.490 e. The number of aliphatic carboxylic acids is 1. The molecule has 0 aliphatic carbocycles. The number of nitrogens with zero attached hydrogens (tertiary/aromatic N) is 6. The molecule has 0 radical (unpaired) electrons. The second kappa shape index (κ2) is 9.62. The molecular formula is C19H21F3N6O6. The summed E-state index contributed by atoms with van der Waals surface area (Å²) in [6.07, 6.45) is -1.79. The van der Waals surface area contributed by atoms with Gasteiger partial charge in [-0.05, 0) is 31.5 Å². The van der Waals surface area contributed by atoms with Crippen molar-refractivity contribution >= 4 is 29.9 Å². The van der Waals surface area contributed by atoms with E-state index in [1.165, 1.54) is 4.90 Å². The Kier molecular flexibility index (Phi) is 7.04. The lowest BCUT2D eigenvalue weighted by Crippen LogP contribution is -2.43. The average Bonchev–Trinajstić information content (AvgIpc) is 3.33. The van der Waals surface area contributed by atoms with Gasteiger partial charge in [-0.3, -0.25) is 9.78 Å². The smallest absolute Gasteiger partial charge is 0.475 e. The number of imide groups is 1. The number of hydrogen-bond donors (Lipinski definition) is 1. The number of aromatic nitrogens is 3. The number of hydrogen-bond acceptors (Lipinski definition) is 9. The summed E-state index contributed by atoms with van der Waals surface area (Å²) >= 11 is 0. The van der Waals surface area contributed by atoms with Crippen LogP contribution in [0.1, 0.15) is 19.4 Å². The van der Waals surface area contributed by atoms with Crippen LogP contribution in [0.5, 0.6) is 0 Å². The zero-order chi connectivity index (χ0) is 25.1. The summed E-state index contributed by atoms with van der Waals surface area (Å²) in [5.41, 5.74) is -0.158. The van der Waals surface area contributed by atoms with E-state index in [1.54, 1.807) is 38.4 Å². The number of pyridine rings is 1. The van der Waals surface area contributed by atoms with E-state index in [0.29, 0.717) is 26.3 Å². The van der Waals surface area contributed by atoms with Crippen molar-refractivity contribution in [2.45, 2.75) is 32.1 Å². The Morgan fingerprint density at radius 1 is 1.12 bits per heavy atom. The Morgan fingerprint density at radius 2 is 1.68 bits per heavy atom. The summed E-state index contributed by atoms with van der Waals surface area (Å²) < 4.78 is 42.7. The molecule has 0 unspecified atom stereocenters. The average molecular weight is 486 g/mol. The monoisotopic (exact) mass is 486 g/mol. The highest BCUT2D eigenvalue weighted by Gasteiger charge is 2.53. The Labute approximate surface area is 190 Å². The summed E-state index contributed by atoms with van der Waals surface area (Å²) in [7, 11) is 0. The molecule has 2 saturated heterocycles. The number of carboxylic acids is 1. The number of alkyl halides is 3. The molecule has 1 N–H and O–H groups in total. The molecule has 2 aromatic heterocycles. The number of carboxylic acid groups (broad SMARTS) is 1. The fourth-order valence-electron chi connectivity index (χ4n) is 3.12. The molecule has 4 heterocycles. The first kappa shape index (κ1) is 24.9.